The molecule has 7 heteroatoms. The van der Waals surface area contributed by atoms with E-state index in [-0.39, 0.29) is 22.2 Å². The van der Waals surface area contributed by atoms with Crippen molar-refractivity contribution < 1.29 is 14.3 Å². The van der Waals surface area contributed by atoms with Crippen LogP contribution < -0.4 is 5.32 Å². The van der Waals surface area contributed by atoms with Gasteiger partial charge >= 0.3 is 5.97 Å². The lowest BCUT2D eigenvalue weighted by atomic mass is 10.3. The molecule has 0 saturated heterocycles. The van der Waals surface area contributed by atoms with Crippen LogP contribution in [-0.2, 0) is 0 Å². The topological polar surface area (TPSA) is 62.2 Å². The average molecular weight is 346 g/mol. The maximum absolute atomic E-state index is 13.6. The number of nitrogens with one attached hydrogen (secondary N) is 1. The molecular formula is C12H7BrClFN2O2. The maximum Gasteiger partial charge on any atom is 0.356 e. The summed E-state index contributed by atoms with van der Waals surface area (Å²) < 4.78 is 14.1. The summed E-state index contributed by atoms with van der Waals surface area (Å²) in [5, 5.41) is 11.6. The molecule has 0 fully saturated rings. The molecule has 0 spiro atoms. The summed E-state index contributed by atoms with van der Waals surface area (Å²) in [5.41, 5.74) is -0.118. The third kappa shape index (κ3) is 3.02. The number of para-hydroxylation sites is 1. The first kappa shape index (κ1) is 13.8. The lowest BCUT2D eigenvalue weighted by Crippen LogP contribution is -2.05. The number of carboxylic acid groups (broad SMARTS) is 1. The summed E-state index contributed by atoms with van der Waals surface area (Å²) in [6.45, 7) is 0. The standard InChI is InChI=1S/C12H7BrClFN2O2/c13-6-2-1-3-8(15)10(6)16-9-5-4-7(14)11(17-9)12(18)19/h1-5H,(H,16,17)(H,18,19). The Hall–Kier alpha value is -1.66. The van der Waals surface area contributed by atoms with E-state index in [4.69, 9.17) is 16.7 Å². The van der Waals surface area contributed by atoms with Gasteiger partial charge in [0.25, 0.3) is 0 Å². The van der Waals surface area contributed by atoms with E-state index in [9.17, 15) is 9.18 Å². The summed E-state index contributed by atoms with van der Waals surface area (Å²) >= 11 is 8.90. The van der Waals surface area contributed by atoms with Gasteiger partial charge in [0.05, 0.1) is 10.7 Å². The molecular weight excluding hydrogens is 338 g/mol. The lowest BCUT2D eigenvalue weighted by Gasteiger charge is -2.09. The van der Waals surface area contributed by atoms with Crippen LogP contribution in [0, 0.1) is 5.82 Å². The minimum Gasteiger partial charge on any atom is -0.476 e. The van der Waals surface area contributed by atoms with Gasteiger partial charge in [-0.05, 0) is 40.2 Å². The van der Waals surface area contributed by atoms with E-state index in [2.05, 4.69) is 26.2 Å². The summed E-state index contributed by atoms with van der Waals surface area (Å²) in [6, 6.07) is 7.33. The molecule has 4 nitrogen and oxygen atoms in total. The van der Waals surface area contributed by atoms with Crippen LogP contribution in [0.4, 0.5) is 15.9 Å². The van der Waals surface area contributed by atoms with Crippen molar-refractivity contribution in [1.82, 2.24) is 4.98 Å². The fraction of sp³-hybridized carbons (Fsp3) is 0. The highest BCUT2D eigenvalue weighted by molar-refractivity contribution is 9.10. The number of halogens is 3. The summed E-state index contributed by atoms with van der Waals surface area (Å²) in [7, 11) is 0. The molecule has 0 amide bonds. The zero-order chi connectivity index (χ0) is 14.0. The molecule has 0 aliphatic rings. The second kappa shape index (κ2) is 5.54. The third-order valence-electron chi connectivity index (χ3n) is 2.26. The number of aromatic nitrogens is 1. The van der Waals surface area contributed by atoms with Crippen LogP contribution in [0.3, 0.4) is 0 Å². The molecule has 2 aromatic rings. The highest BCUT2D eigenvalue weighted by Crippen LogP contribution is 2.28. The van der Waals surface area contributed by atoms with Crippen molar-refractivity contribution in [2.45, 2.75) is 0 Å². The first-order valence-electron chi connectivity index (χ1n) is 5.10. The van der Waals surface area contributed by atoms with Crippen molar-refractivity contribution in [1.29, 1.82) is 0 Å². The molecule has 0 atom stereocenters. The first-order valence-corrected chi connectivity index (χ1v) is 6.27. The number of carboxylic acids is 1. The number of hydrogen-bond acceptors (Lipinski definition) is 3. The molecule has 1 aromatic carbocycles. The van der Waals surface area contributed by atoms with Crippen LogP contribution in [0.25, 0.3) is 0 Å². The number of carbonyl (C=O) groups is 1. The van der Waals surface area contributed by atoms with Crippen LogP contribution in [0.1, 0.15) is 10.5 Å². The highest BCUT2D eigenvalue weighted by atomic mass is 79.9. The van der Waals surface area contributed by atoms with Gasteiger partial charge in [-0.1, -0.05) is 17.7 Å². The van der Waals surface area contributed by atoms with Gasteiger partial charge in [0, 0.05) is 4.47 Å². The number of anilines is 2. The van der Waals surface area contributed by atoms with Gasteiger partial charge < -0.3 is 10.4 Å². The second-order valence-electron chi connectivity index (χ2n) is 3.55. The van der Waals surface area contributed by atoms with E-state index in [1.54, 1.807) is 12.1 Å². The number of hydrogen-bond donors (Lipinski definition) is 2. The van der Waals surface area contributed by atoms with Gasteiger partial charge in [-0.15, -0.1) is 0 Å². The van der Waals surface area contributed by atoms with Crippen LogP contribution in [0.5, 0.6) is 0 Å². The Morgan fingerprint density at radius 1 is 1.37 bits per heavy atom. The van der Waals surface area contributed by atoms with E-state index < -0.39 is 11.8 Å². The zero-order valence-electron chi connectivity index (χ0n) is 9.32. The van der Waals surface area contributed by atoms with E-state index >= 15 is 0 Å². The number of benzene rings is 1. The van der Waals surface area contributed by atoms with Crippen molar-refractivity contribution in [2.24, 2.45) is 0 Å². The first-order chi connectivity index (χ1) is 8.99. The van der Waals surface area contributed by atoms with E-state index in [0.29, 0.717) is 4.47 Å². The maximum atomic E-state index is 13.6. The number of nitrogens with zero attached hydrogens (tertiary/aromatic N) is 1. The largest absolute Gasteiger partial charge is 0.476 e. The Labute approximate surface area is 121 Å². The molecule has 0 bridgehead atoms. The van der Waals surface area contributed by atoms with Gasteiger partial charge in [-0.3, -0.25) is 0 Å². The number of aromatic carboxylic acids is 1. The normalized spacial score (nSPS) is 10.3. The molecule has 98 valence electrons. The van der Waals surface area contributed by atoms with Crippen molar-refractivity contribution in [2.75, 3.05) is 5.32 Å². The third-order valence-corrected chi connectivity index (χ3v) is 3.23. The molecule has 0 aliphatic heterocycles. The zero-order valence-corrected chi connectivity index (χ0v) is 11.7. The molecule has 0 radical (unpaired) electrons. The molecule has 19 heavy (non-hydrogen) atoms. The van der Waals surface area contributed by atoms with Crippen LogP contribution in [0.2, 0.25) is 5.02 Å². The Bertz CT molecular complexity index is 631. The Balaban J connectivity index is 2.39. The van der Waals surface area contributed by atoms with Gasteiger partial charge in [0.1, 0.15) is 11.6 Å². The summed E-state index contributed by atoms with van der Waals surface area (Å²) in [4.78, 5) is 14.7. The minimum absolute atomic E-state index is 0.0191. The Morgan fingerprint density at radius 3 is 2.74 bits per heavy atom. The minimum atomic E-state index is -1.25. The molecule has 0 aliphatic carbocycles. The predicted molar refractivity (Wildman–Crippen MR) is 73.6 cm³/mol. The van der Waals surface area contributed by atoms with Gasteiger partial charge in [0.15, 0.2) is 5.69 Å². The van der Waals surface area contributed by atoms with Crippen LogP contribution >= 0.6 is 27.5 Å². The van der Waals surface area contributed by atoms with Gasteiger partial charge in [-0.25, -0.2) is 14.2 Å². The predicted octanol–water partition coefficient (Wildman–Crippen LogP) is 4.08. The Morgan fingerprint density at radius 2 is 2.11 bits per heavy atom. The van der Waals surface area contributed by atoms with Crippen molar-refractivity contribution in [3.8, 4) is 0 Å². The molecule has 0 unspecified atom stereocenters. The SMILES string of the molecule is O=C(O)c1nc(Nc2c(F)cccc2Br)ccc1Cl. The van der Waals surface area contributed by atoms with Gasteiger partial charge in [0.2, 0.25) is 0 Å². The van der Waals surface area contributed by atoms with Crippen LogP contribution in [0.15, 0.2) is 34.8 Å². The highest BCUT2D eigenvalue weighted by Gasteiger charge is 2.13. The van der Waals surface area contributed by atoms with Gasteiger partial charge in [-0.2, -0.15) is 0 Å². The lowest BCUT2D eigenvalue weighted by molar-refractivity contribution is 0.0691. The van der Waals surface area contributed by atoms with E-state index in [0.717, 1.165) is 0 Å². The quantitative estimate of drug-likeness (QED) is 0.880. The fourth-order valence-corrected chi connectivity index (χ4v) is 2.03. The fourth-order valence-electron chi connectivity index (χ4n) is 1.41. The van der Waals surface area contributed by atoms with Crippen molar-refractivity contribution in [3.63, 3.8) is 0 Å². The molecule has 0 saturated carbocycles. The van der Waals surface area contributed by atoms with Crippen LogP contribution in [-0.4, -0.2) is 16.1 Å². The molecule has 2 rings (SSSR count). The van der Waals surface area contributed by atoms with E-state index in [1.807, 2.05) is 0 Å². The van der Waals surface area contributed by atoms with Crippen molar-refractivity contribution in [3.05, 3.63) is 51.3 Å². The monoisotopic (exact) mass is 344 g/mol. The smallest absolute Gasteiger partial charge is 0.356 e. The Kier molecular flexibility index (Phi) is 4.01. The summed E-state index contributed by atoms with van der Waals surface area (Å²) in [5.74, 6) is -1.54. The molecule has 1 heterocycles. The molecule has 1 aromatic heterocycles. The van der Waals surface area contributed by atoms with E-state index in [1.165, 1.54) is 18.2 Å². The second-order valence-corrected chi connectivity index (χ2v) is 4.82. The van der Waals surface area contributed by atoms with Crippen molar-refractivity contribution >= 4 is 45.0 Å². The average Bonchev–Trinajstić information content (AvgIpc) is 2.35. The molecule has 2 N–H and O–H groups in total. The number of rotatable bonds is 3. The number of pyridine rings is 1. The summed E-state index contributed by atoms with van der Waals surface area (Å²) in [6.07, 6.45) is 0.